The molecule has 88 valence electrons. The molecule has 0 aliphatic rings. The highest BCUT2D eigenvalue weighted by atomic mass is 28.4. The summed E-state index contributed by atoms with van der Waals surface area (Å²) in [5, 5.41) is 0. The van der Waals surface area contributed by atoms with E-state index >= 15 is 0 Å². The molecule has 0 radical (unpaired) electrons. The van der Waals surface area contributed by atoms with Gasteiger partial charge in [-0.2, -0.15) is 0 Å². The van der Waals surface area contributed by atoms with Crippen LogP contribution < -0.4 is 0 Å². The number of rotatable bonds is 8. The van der Waals surface area contributed by atoms with Crippen molar-refractivity contribution >= 4 is 9.05 Å². The van der Waals surface area contributed by atoms with Gasteiger partial charge in [-0.25, -0.2) is 0 Å². The maximum Gasteiger partial charge on any atom is 0.679 e. The van der Waals surface area contributed by atoms with Gasteiger partial charge in [0.05, 0.1) is 0 Å². The van der Waals surface area contributed by atoms with E-state index in [0.717, 1.165) is 0 Å². The van der Waals surface area contributed by atoms with E-state index in [1.807, 2.05) is 27.7 Å². The van der Waals surface area contributed by atoms with Gasteiger partial charge in [-0.1, -0.05) is 0 Å². The lowest BCUT2D eigenvalue weighted by Gasteiger charge is -2.26. The van der Waals surface area contributed by atoms with Gasteiger partial charge >= 0.3 is 9.05 Å². The molecule has 0 aliphatic carbocycles. The molecule has 0 bridgehead atoms. The second-order valence-electron chi connectivity index (χ2n) is 2.23. The minimum absolute atomic E-state index is 0. The molecule has 14 heavy (non-hydrogen) atoms. The second-order valence-corrected chi connectivity index (χ2v) is 4.39. The molecule has 0 aliphatic heterocycles. The summed E-state index contributed by atoms with van der Waals surface area (Å²) in [5.41, 5.74) is 0. The van der Waals surface area contributed by atoms with Crippen molar-refractivity contribution in [3.8, 4) is 0 Å². The smallest absolute Gasteiger partial charge is 0.351 e. The summed E-state index contributed by atoms with van der Waals surface area (Å²) >= 11 is 0. The van der Waals surface area contributed by atoms with Gasteiger partial charge in [0, 0.05) is 26.4 Å². The van der Waals surface area contributed by atoms with Crippen LogP contribution in [0.2, 0.25) is 0 Å². The average Bonchev–Trinajstić information content (AvgIpc) is 2.06. The first-order valence-electron chi connectivity index (χ1n) is 4.80. The third-order valence-corrected chi connectivity index (χ3v) is 3.85. The Bertz CT molecular complexity index is 96.4. The molecule has 0 aromatic rings. The molecular weight excluding hydrogens is 207 g/mol. The molecule has 0 saturated carbocycles. The molecule has 0 aromatic heterocycles. The van der Waals surface area contributed by atoms with Crippen LogP contribution in [0.5, 0.6) is 0 Å². The van der Waals surface area contributed by atoms with Crippen molar-refractivity contribution in [2.75, 3.05) is 26.4 Å². The normalized spacial score (nSPS) is 11.1. The molecule has 0 heterocycles. The van der Waals surface area contributed by atoms with Gasteiger partial charge in [0.2, 0.25) is 0 Å². The van der Waals surface area contributed by atoms with Crippen LogP contribution in [0.1, 0.15) is 27.7 Å². The molecule has 0 rings (SSSR count). The Labute approximate surface area is 86.4 Å². The van der Waals surface area contributed by atoms with Gasteiger partial charge in [-0.05, 0) is 27.7 Å². The van der Waals surface area contributed by atoms with Crippen molar-refractivity contribution in [1.82, 2.24) is 0 Å². The van der Waals surface area contributed by atoms with Crippen LogP contribution in [0, 0.1) is 0 Å². The summed E-state index contributed by atoms with van der Waals surface area (Å²) in [5.74, 6) is 0. The van der Waals surface area contributed by atoms with Gasteiger partial charge in [0.1, 0.15) is 0 Å². The van der Waals surface area contributed by atoms with Crippen LogP contribution in [0.15, 0.2) is 0 Å². The van der Waals surface area contributed by atoms with Crippen LogP contribution in [-0.4, -0.2) is 35.5 Å². The first-order valence-corrected chi connectivity index (χ1v) is 6.43. The molecule has 0 spiro atoms. The summed E-state index contributed by atoms with van der Waals surface area (Å²) in [6.45, 7) is 9.80. The SMILES string of the molecule is CCO[Si](OCC)(OCC)OCC.F. The highest BCUT2D eigenvalue weighted by Crippen LogP contribution is 2.11. The van der Waals surface area contributed by atoms with Crippen molar-refractivity contribution in [3.63, 3.8) is 0 Å². The van der Waals surface area contributed by atoms with E-state index in [9.17, 15) is 0 Å². The summed E-state index contributed by atoms with van der Waals surface area (Å²) in [6, 6.07) is 0. The van der Waals surface area contributed by atoms with E-state index in [1.54, 1.807) is 0 Å². The molecule has 0 aromatic carbocycles. The number of hydrogen-bond donors (Lipinski definition) is 0. The Hall–Kier alpha value is -0.0131. The van der Waals surface area contributed by atoms with Crippen LogP contribution in [0.3, 0.4) is 0 Å². The third kappa shape index (κ3) is 5.66. The minimum atomic E-state index is -2.80. The summed E-state index contributed by atoms with van der Waals surface area (Å²) in [7, 11) is -2.80. The van der Waals surface area contributed by atoms with E-state index in [1.165, 1.54) is 0 Å². The topological polar surface area (TPSA) is 36.9 Å². The Morgan fingerprint density at radius 2 is 0.857 bits per heavy atom. The van der Waals surface area contributed by atoms with Gasteiger partial charge in [0.25, 0.3) is 0 Å². The zero-order valence-corrected chi connectivity index (χ0v) is 10.4. The number of hydrogen-bond acceptors (Lipinski definition) is 4. The molecule has 0 atom stereocenters. The first kappa shape index (κ1) is 16.4. The fourth-order valence-corrected chi connectivity index (χ4v) is 2.87. The van der Waals surface area contributed by atoms with E-state index < -0.39 is 9.05 Å². The molecule has 0 fully saturated rings. The predicted molar refractivity (Wildman–Crippen MR) is 54.8 cm³/mol. The zero-order valence-electron chi connectivity index (χ0n) is 9.37. The van der Waals surface area contributed by atoms with Crippen molar-refractivity contribution in [1.29, 1.82) is 0 Å². The zero-order chi connectivity index (χ0) is 10.2. The van der Waals surface area contributed by atoms with Crippen molar-refractivity contribution in [2.24, 2.45) is 0 Å². The summed E-state index contributed by atoms with van der Waals surface area (Å²) in [4.78, 5) is 0. The van der Waals surface area contributed by atoms with Crippen LogP contribution in [-0.2, 0) is 17.7 Å². The van der Waals surface area contributed by atoms with Crippen LogP contribution >= 0.6 is 0 Å². The predicted octanol–water partition coefficient (Wildman–Crippen LogP) is 1.72. The van der Waals surface area contributed by atoms with E-state index in [-0.39, 0.29) is 4.70 Å². The second kappa shape index (κ2) is 9.54. The van der Waals surface area contributed by atoms with E-state index in [4.69, 9.17) is 17.7 Å². The van der Waals surface area contributed by atoms with Crippen molar-refractivity contribution in [2.45, 2.75) is 27.7 Å². The average molecular weight is 228 g/mol. The molecule has 0 N–H and O–H groups in total. The Kier molecular flexibility index (Phi) is 11.2. The molecule has 0 amide bonds. The minimum Gasteiger partial charge on any atom is -0.351 e. The maximum absolute atomic E-state index is 5.42. The number of halogens is 1. The van der Waals surface area contributed by atoms with Crippen LogP contribution in [0.25, 0.3) is 0 Å². The molecule has 6 heteroatoms. The molecular formula is C8H21FO4Si. The van der Waals surface area contributed by atoms with Crippen molar-refractivity contribution < 1.29 is 22.4 Å². The maximum atomic E-state index is 5.42. The van der Waals surface area contributed by atoms with Crippen LogP contribution in [0.4, 0.5) is 4.70 Å². The first-order chi connectivity index (χ1) is 6.24. The van der Waals surface area contributed by atoms with E-state index in [2.05, 4.69) is 0 Å². The lowest BCUT2D eigenvalue weighted by molar-refractivity contribution is -0.0247. The van der Waals surface area contributed by atoms with Gasteiger partial charge < -0.3 is 17.7 Å². The fourth-order valence-electron chi connectivity index (χ4n) is 0.957. The Morgan fingerprint density at radius 3 is 1.00 bits per heavy atom. The monoisotopic (exact) mass is 228 g/mol. The third-order valence-electron chi connectivity index (χ3n) is 1.28. The van der Waals surface area contributed by atoms with Gasteiger partial charge in [-0.15, -0.1) is 0 Å². The highest BCUT2D eigenvalue weighted by molar-refractivity contribution is 6.53. The van der Waals surface area contributed by atoms with Gasteiger partial charge in [-0.3, -0.25) is 4.70 Å². The molecule has 4 nitrogen and oxygen atoms in total. The van der Waals surface area contributed by atoms with Crippen molar-refractivity contribution in [3.05, 3.63) is 0 Å². The Balaban J connectivity index is 0. The fraction of sp³-hybridized carbons (Fsp3) is 1.00. The quantitative estimate of drug-likeness (QED) is 0.593. The Morgan fingerprint density at radius 1 is 0.643 bits per heavy atom. The molecule has 0 saturated heterocycles. The lowest BCUT2D eigenvalue weighted by Crippen LogP contribution is -2.49. The largest absolute Gasteiger partial charge is 0.679 e. The van der Waals surface area contributed by atoms with Gasteiger partial charge in [0.15, 0.2) is 0 Å². The summed E-state index contributed by atoms with van der Waals surface area (Å²) in [6.07, 6.45) is 0. The highest BCUT2D eigenvalue weighted by Gasteiger charge is 2.44. The summed E-state index contributed by atoms with van der Waals surface area (Å²) < 4.78 is 21.7. The standard InChI is InChI=1S/C8H20O4Si.FH/c1-5-9-13(10-6-2,11-7-3)12-8-4;/h5-8H2,1-4H3;1H. The lowest BCUT2D eigenvalue weighted by atomic mass is 10.9. The van der Waals surface area contributed by atoms with E-state index in [0.29, 0.717) is 26.4 Å². The molecule has 0 unspecified atom stereocenters.